The number of carbonyl (C=O) groups excluding carboxylic acids is 1. The van der Waals surface area contributed by atoms with Gasteiger partial charge >= 0.3 is 0 Å². The molecule has 3 unspecified atom stereocenters. The van der Waals surface area contributed by atoms with E-state index in [-0.39, 0.29) is 12.0 Å². The number of hydrogen-bond acceptors (Lipinski definition) is 6. The zero-order valence-corrected chi connectivity index (χ0v) is 19.6. The Hall–Kier alpha value is -1.83. The van der Waals surface area contributed by atoms with Crippen molar-refractivity contribution in [3.05, 3.63) is 24.3 Å². The molecule has 0 aliphatic carbocycles. The molecular weight excluding hydrogens is 406 g/mol. The monoisotopic (exact) mass is 445 g/mol. The van der Waals surface area contributed by atoms with Gasteiger partial charge in [0.05, 0.1) is 25.0 Å². The highest BCUT2D eigenvalue weighted by Gasteiger charge is 2.38. The van der Waals surface area contributed by atoms with Crippen molar-refractivity contribution in [2.75, 3.05) is 57.8 Å². The van der Waals surface area contributed by atoms with Crippen LogP contribution in [-0.2, 0) is 9.53 Å². The summed E-state index contributed by atoms with van der Waals surface area (Å²) in [5.74, 6) is 1.62. The molecule has 4 rings (SSSR count). The Bertz CT molecular complexity index is 744. The molecule has 0 radical (unpaired) electrons. The van der Waals surface area contributed by atoms with E-state index in [1.54, 1.807) is 7.11 Å². The van der Waals surface area contributed by atoms with Crippen molar-refractivity contribution in [1.29, 1.82) is 0 Å². The van der Waals surface area contributed by atoms with Crippen LogP contribution >= 0.6 is 0 Å². The van der Waals surface area contributed by atoms with Gasteiger partial charge in [-0.25, -0.2) is 0 Å². The van der Waals surface area contributed by atoms with Crippen molar-refractivity contribution in [3.63, 3.8) is 0 Å². The summed E-state index contributed by atoms with van der Waals surface area (Å²) < 4.78 is 11.7. The first kappa shape index (κ1) is 23.3. The van der Waals surface area contributed by atoms with E-state index < -0.39 is 12.2 Å². The van der Waals surface area contributed by atoms with Crippen LogP contribution in [0.2, 0.25) is 0 Å². The molecule has 1 N–H and O–H groups in total. The molecule has 3 saturated heterocycles. The molecule has 1 aromatic carbocycles. The zero-order chi connectivity index (χ0) is 22.5. The second-order valence-electron chi connectivity index (χ2n) is 9.62. The van der Waals surface area contributed by atoms with Gasteiger partial charge in [-0.1, -0.05) is 19.1 Å². The Labute approximate surface area is 192 Å². The van der Waals surface area contributed by atoms with Crippen LogP contribution in [0.3, 0.4) is 0 Å². The number of anilines is 1. The number of carbonyl (C=O) groups is 1. The quantitative estimate of drug-likeness (QED) is 0.725. The van der Waals surface area contributed by atoms with Crippen LogP contribution in [0.1, 0.15) is 39.0 Å². The highest BCUT2D eigenvalue weighted by atomic mass is 16.5. The number of nitrogens with zero attached hydrogens (tertiary/aromatic N) is 3. The predicted molar refractivity (Wildman–Crippen MR) is 125 cm³/mol. The minimum absolute atomic E-state index is 0.0570. The van der Waals surface area contributed by atoms with E-state index in [1.165, 1.54) is 12.8 Å². The van der Waals surface area contributed by atoms with Crippen LogP contribution in [-0.4, -0.2) is 92.0 Å². The lowest BCUT2D eigenvalue weighted by Crippen LogP contribution is -2.56. The SMILES string of the molecule is COc1ccccc1N1CCN(C(=O)C2OC(CCN3CCC(C)CC3)CCC2O)CC1. The Morgan fingerprint density at radius 2 is 1.78 bits per heavy atom. The van der Waals surface area contributed by atoms with E-state index >= 15 is 0 Å². The average molecular weight is 446 g/mol. The summed E-state index contributed by atoms with van der Waals surface area (Å²) in [6.07, 6.45) is 3.57. The molecular formula is C25H39N3O4. The molecule has 3 atom stereocenters. The smallest absolute Gasteiger partial charge is 0.254 e. The Morgan fingerprint density at radius 1 is 1.06 bits per heavy atom. The molecule has 0 aromatic heterocycles. The van der Waals surface area contributed by atoms with Crippen molar-refractivity contribution in [2.24, 2.45) is 5.92 Å². The van der Waals surface area contributed by atoms with Gasteiger partial charge in [0.1, 0.15) is 5.75 Å². The standard InChI is InChI=1S/C25H39N3O4/c1-19-9-12-26(13-10-19)14-11-20-7-8-22(29)24(32-20)25(30)28-17-15-27(16-18-28)21-5-3-4-6-23(21)31-2/h3-6,19-20,22,24,29H,7-18H2,1-2H3. The topological polar surface area (TPSA) is 65.5 Å². The summed E-state index contributed by atoms with van der Waals surface area (Å²) in [5.41, 5.74) is 1.06. The fourth-order valence-corrected chi connectivity index (χ4v) is 5.16. The van der Waals surface area contributed by atoms with Crippen LogP contribution in [0.25, 0.3) is 0 Å². The molecule has 1 amide bonds. The van der Waals surface area contributed by atoms with Crippen LogP contribution in [0, 0.1) is 5.92 Å². The number of aliphatic hydroxyl groups excluding tert-OH is 1. The minimum atomic E-state index is -0.729. The number of benzene rings is 1. The highest BCUT2D eigenvalue weighted by Crippen LogP contribution is 2.29. The molecule has 7 nitrogen and oxygen atoms in total. The Morgan fingerprint density at radius 3 is 2.50 bits per heavy atom. The summed E-state index contributed by atoms with van der Waals surface area (Å²) in [5, 5.41) is 10.5. The predicted octanol–water partition coefficient (Wildman–Crippen LogP) is 2.37. The van der Waals surface area contributed by atoms with Crippen LogP contribution in [0.4, 0.5) is 5.69 Å². The van der Waals surface area contributed by atoms with E-state index in [0.29, 0.717) is 19.5 Å². The first-order chi connectivity index (χ1) is 15.5. The van der Waals surface area contributed by atoms with Gasteiger partial charge in [-0.05, 0) is 63.2 Å². The maximum Gasteiger partial charge on any atom is 0.254 e. The number of rotatable bonds is 6. The highest BCUT2D eigenvalue weighted by molar-refractivity contribution is 5.82. The summed E-state index contributed by atoms with van der Waals surface area (Å²) >= 11 is 0. The van der Waals surface area contributed by atoms with Gasteiger partial charge < -0.3 is 29.3 Å². The van der Waals surface area contributed by atoms with Crippen molar-refractivity contribution in [2.45, 2.75) is 57.3 Å². The third kappa shape index (κ3) is 5.56. The molecule has 0 saturated carbocycles. The Balaban J connectivity index is 1.27. The normalized spacial score (nSPS) is 28.0. The molecule has 0 bridgehead atoms. The molecule has 3 heterocycles. The number of methoxy groups -OCH3 is 1. The number of amides is 1. The van der Waals surface area contributed by atoms with Crippen molar-refractivity contribution < 1.29 is 19.4 Å². The molecule has 0 spiro atoms. The summed E-state index contributed by atoms with van der Waals surface area (Å²) in [7, 11) is 1.68. The van der Waals surface area contributed by atoms with Gasteiger partial charge in [0.25, 0.3) is 5.91 Å². The largest absolute Gasteiger partial charge is 0.495 e. The van der Waals surface area contributed by atoms with Crippen LogP contribution in [0.5, 0.6) is 5.75 Å². The minimum Gasteiger partial charge on any atom is -0.495 e. The van der Waals surface area contributed by atoms with Gasteiger partial charge in [-0.2, -0.15) is 0 Å². The van der Waals surface area contributed by atoms with Gasteiger partial charge in [0.15, 0.2) is 6.10 Å². The van der Waals surface area contributed by atoms with Gasteiger partial charge in [0, 0.05) is 32.7 Å². The van der Waals surface area contributed by atoms with E-state index in [9.17, 15) is 9.90 Å². The molecule has 3 fully saturated rings. The molecule has 7 heteroatoms. The summed E-state index contributed by atoms with van der Waals surface area (Å²) in [6.45, 7) is 8.41. The number of piperidine rings is 1. The van der Waals surface area contributed by atoms with E-state index in [4.69, 9.17) is 9.47 Å². The summed E-state index contributed by atoms with van der Waals surface area (Å²) in [6, 6.07) is 7.99. The van der Waals surface area contributed by atoms with Gasteiger partial charge in [0.2, 0.25) is 0 Å². The number of para-hydroxylation sites is 2. The number of likely N-dealkylation sites (tertiary alicyclic amines) is 1. The van der Waals surface area contributed by atoms with Crippen LogP contribution < -0.4 is 9.64 Å². The lowest BCUT2D eigenvalue weighted by molar-refractivity contribution is -0.168. The van der Waals surface area contributed by atoms with Crippen molar-refractivity contribution in [1.82, 2.24) is 9.80 Å². The van der Waals surface area contributed by atoms with E-state index in [0.717, 1.165) is 62.9 Å². The van der Waals surface area contributed by atoms with Crippen LogP contribution in [0.15, 0.2) is 24.3 Å². The second-order valence-corrected chi connectivity index (χ2v) is 9.62. The molecule has 3 aliphatic rings. The van der Waals surface area contributed by atoms with E-state index in [2.05, 4.69) is 22.8 Å². The third-order valence-corrected chi connectivity index (χ3v) is 7.38. The first-order valence-corrected chi connectivity index (χ1v) is 12.3. The Kier molecular flexibility index (Phi) is 7.92. The number of hydrogen-bond donors (Lipinski definition) is 1. The molecule has 1 aromatic rings. The van der Waals surface area contributed by atoms with Crippen molar-refractivity contribution in [3.8, 4) is 5.75 Å². The van der Waals surface area contributed by atoms with Gasteiger partial charge in [-0.15, -0.1) is 0 Å². The molecule has 178 valence electrons. The maximum absolute atomic E-state index is 13.2. The number of aliphatic hydroxyl groups is 1. The summed E-state index contributed by atoms with van der Waals surface area (Å²) in [4.78, 5) is 19.8. The fraction of sp³-hybridized carbons (Fsp3) is 0.720. The maximum atomic E-state index is 13.2. The number of piperazine rings is 1. The zero-order valence-electron chi connectivity index (χ0n) is 19.6. The van der Waals surface area contributed by atoms with Crippen molar-refractivity contribution >= 4 is 11.6 Å². The molecule has 32 heavy (non-hydrogen) atoms. The fourth-order valence-electron chi connectivity index (χ4n) is 5.16. The first-order valence-electron chi connectivity index (χ1n) is 12.3. The molecule has 3 aliphatic heterocycles. The average Bonchev–Trinajstić information content (AvgIpc) is 2.84. The third-order valence-electron chi connectivity index (χ3n) is 7.38. The second kappa shape index (κ2) is 10.9. The van der Waals surface area contributed by atoms with E-state index in [1.807, 2.05) is 23.1 Å². The lowest BCUT2D eigenvalue weighted by Gasteiger charge is -2.41. The number of ether oxygens (including phenoxy) is 2. The lowest BCUT2D eigenvalue weighted by atomic mass is 9.96. The van der Waals surface area contributed by atoms with Gasteiger partial charge in [-0.3, -0.25) is 4.79 Å².